The summed E-state index contributed by atoms with van der Waals surface area (Å²) in [5.74, 6) is 1.82. The molecule has 20 heavy (non-hydrogen) atoms. The maximum absolute atomic E-state index is 6.08. The summed E-state index contributed by atoms with van der Waals surface area (Å²) in [6.07, 6.45) is 0. The highest BCUT2D eigenvalue weighted by molar-refractivity contribution is 6.33. The van der Waals surface area contributed by atoms with Gasteiger partial charge in [0.1, 0.15) is 10.8 Å². The molecule has 108 valence electrons. The van der Waals surface area contributed by atoms with Crippen LogP contribution >= 0.6 is 11.6 Å². The number of halogens is 1. The number of benzene rings is 1. The van der Waals surface area contributed by atoms with Crippen LogP contribution in [0.25, 0.3) is 0 Å². The van der Waals surface area contributed by atoms with Gasteiger partial charge in [0.2, 0.25) is 0 Å². The fourth-order valence-electron chi connectivity index (χ4n) is 2.09. The molecule has 2 N–H and O–H groups in total. The normalized spacial score (nSPS) is 12.2. The zero-order chi connectivity index (χ0) is 14.9. The number of ether oxygens (including phenoxy) is 2. The molecule has 0 saturated heterocycles. The first-order valence-electron chi connectivity index (χ1n) is 6.21. The van der Waals surface area contributed by atoms with E-state index in [1.807, 2.05) is 32.0 Å². The summed E-state index contributed by atoms with van der Waals surface area (Å²) in [7, 11) is 3.21. The predicted molar refractivity (Wildman–Crippen MR) is 79.7 cm³/mol. The van der Waals surface area contributed by atoms with Gasteiger partial charge in [0, 0.05) is 0 Å². The average Bonchev–Trinajstić information content (AvgIpc) is 2.73. The molecule has 0 spiro atoms. The Morgan fingerprint density at radius 1 is 1.25 bits per heavy atom. The topological polar surface area (TPSA) is 62.3 Å². The largest absolute Gasteiger partial charge is 0.493 e. The smallest absolute Gasteiger partial charge is 0.161 e. The van der Waals surface area contributed by atoms with Gasteiger partial charge in [0.25, 0.3) is 0 Å². The minimum absolute atomic E-state index is 0.0546. The number of anilines is 1. The minimum atomic E-state index is -0.0546. The summed E-state index contributed by atoms with van der Waals surface area (Å²) in [6, 6.07) is 5.67. The second-order valence-electron chi connectivity index (χ2n) is 4.52. The molecule has 5 nitrogen and oxygen atoms in total. The second-order valence-corrected chi connectivity index (χ2v) is 4.90. The van der Waals surface area contributed by atoms with E-state index in [1.54, 1.807) is 18.9 Å². The zero-order valence-electron chi connectivity index (χ0n) is 12.0. The SMILES string of the molecule is COc1ccc(C(C)n2nc(C)c(Cl)c2N)cc1OC. The fraction of sp³-hybridized carbons (Fsp3) is 0.357. The molecule has 2 aromatic rings. The Kier molecular flexibility index (Phi) is 4.09. The molecule has 2 rings (SSSR count). The summed E-state index contributed by atoms with van der Waals surface area (Å²) in [5, 5.41) is 4.87. The lowest BCUT2D eigenvalue weighted by Crippen LogP contribution is -2.12. The number of nitrogen functional groups attached to an aromatic ring is 1. The Bertz CT molecular complexity index is 625. The first-order chi connectivity index (χ1) is 9.49. The number of nitrogens with zero attached hydrogens (tertiary/aromatic N) is 2. The fourth-order valence-corrected chi connectivity index (χ4v) is 2.22. The summed E-state index contributed by atoms with van der Waals surface area (Å²) < 4.78 is 12.2. The Balaban J connectivity index is 2.42. The third kappa shape index (κ3) is 2.41. The summed E-state index contributed by atoms with van der Waals surface area (Å²) in [4.78, 5) is 0. The van der Waals surface area contributed by atoms with E-state index in [-0.39, 0.29) is 6.04 Å². The number of hydrogen-bond donors (Lipinski definition) is 1. The molecular formula is C14H18ClN3O2. The molecule has 0 aliphatic rings. The Labute approximate surface area is 123 Å². The number of rotatable bonds is 4. The van der Waals surface area contributed by atoms with E-state index in [0.29, 0.717) is 22.3 Å². The van der Waals surface area contributed by atoms with Gasteiger partial charge in [-0.25, -0.2) is 4.68 Å². The van der Waals surface area contributed by atoms with Crippen LogP contribution in [0.5, 0.6) is 11.5 Å². The van der Waals surface area contributed by atoms with Crippen molar-refractivity contribution in [3.8, 4) is 11.5 Å². The van der Waals surface area contributed by atoms with Gasteiger partial charge in [-0.2, -0.15) is 5.10 Å². The Morgan fingerprint density at radius 3 is 2.40 bits per heavy atom. The highest BCUT2D eigenvalue weighted by Gasteiger charge is 2.18. The number of nitrogens with two attached hydrogens (primary N) is 1. The first-order valence-corrected chi connectivity index (χ1v) is 6.59. The average molecular weight is 296 g/mol. The highest BCUT2D eigenvalue weighted by atomic mass is 35.5. The molecule has 0 radical (unpaired) electrons. The van der Waals surface area contributed by atoms with Crippen molar-refractivity contribution < 1.29 is 9.47 Å². The van der Waals surface area contributed by atoms with E-state index in [1.165, 1.54) is 0 Å². The molecule has 0 aliphatic carbocycles. The van der Waals surface area contributed by atoms with Crippen LogP contribution in [-0.2, 0) is 0 Å². The lowest BCUT2D eigenvalue weighted by Gasteiger charge is -2.16. The van der Waals surface area contributed by atoms with E-state index in [4.69, 9.17) is 26.8 Å². The highest BCUT2D eigenvalue weighted by Crippen LogP contribution is 2.33. The molecule has 1 heterocycles. The van der Waals surface area contributed by atoms with Crippen LogP contribution in [0.2, 0.25) is 5.02 Å². The van der Waals surface area contributed by atoms with E-state index in [2.05, 4.69) is 5.10 Å². The summed E-state index contributed by atoms with van der Waals surface area (Å²) in [5.41, 5.74) is 7.71. The first kappa shape index (κ1) is 14.5. The molecule has 0 saturated carbocycles. The van der Waals surface area contributed by atoms with E-state index < -0.39 is 0 Å². The standard InChI is InChI=1S/C14H18ClN3O2/c1-8-13(15)14(16)18(17-8)9(2)10-5-6-11(19-3)12(7-10)20-4/h5-7,9H,16H2,1-4H3. The van der Waals surface area contributed by atoms with Gasteiger partial charge in [-0.15, -0.1) is 0 Å². The maximum atomic E-state index is 6.08. The lowest BCUT2D eigenvalue weighted by atomic mass is 10.1. The molecule has 6 heteroatoms. The van der Waals surface area contributed by atoms with Crippen molar-refractivity contribution in [1.82, 2.24) is 9.78 Å². The number of hydrogen-bond acceptors (Lipinski definition) is 4. The molecule has 0 aliphatic heterocycles. The van der Waals surface area contributed by atoms with Gasteiger partial charge in [-0.1, -0.05) is 17.7 Å². The third-order valence-corrected chi connectivity index (χ3v) is 3.77. The van der Waals surface area contributed by atoms with Crippen molar-refractivity contribution in [2.24, 2.45) is 0 Å². The van der Waals surface area contributed by atoms with Crippen molar-refractivity contribution in [3.05, 3.63) is 34.5 Å². The second kappa shape index (κ2) is 5.63. The van der Waals surface area contributed by atoms with E-state index >= 15 is 0 Å². The lowest BCUT2D eigenvalue weighted by molar-refractivity contribution is 0.354. The summed E-state index contributed by atoms with van der Waals surface area (Å²) in [6.45, 7) is 3.83. The number of methoxy groups -OCH3 is 2. The molecule has 0 bridgehead atoms. The van der Waals surface area contributed by atoms with E-state index in [9.17, 15) is 0 Å². The van der Waals surface area contributed by atoms with E-state index in [0.717, 1.165) is 11.3 Å². The van der Waals surface area contributed by atoms with Crippen molar-refractivity contribution in [2.75, 3.05) is 20.0 Å². The van der Waals surface area contributed by atoms with Crippen molar-refractivity contribution in [2.45, 2.75) is 19.9 Å². The molecular weight excluding hydrogens is 278 g/mol. The van der Waals surface area contributed by atoms with Crippen LogP contribution in [-0.4, -0.2) is 24.0 Å². The molecule has 1 aromatic heterocycles. The van der Waals surface area contributed by atoms with Crippen LogP contribution in [0.15, 0.2) is 18.2 Å². The number of aromatic nitrogens is 2. The zero-order valence-corrected chi connectivity index (χ0v) is 12.7. The van der Waals surface area contributed by atoms with Gasteiger partial charge in [0.15, 0.2) is 11.5 Å². The van der Waals surface area contributed by atoms with Gasteiger partial charge in [-0.05, 0) is 31.5 Å². The van der Waals surface area contributed by atoms with Crippen LogP contribution in [0.3, 0.4) is 0 Å². The molecule has 0 fully saturated rings. The third-order valence-electron chi connectivity index (χ3n) is 3.30. The van der Waals surface area contributed by atoms with Crippen LogP contribution in [0.4, 0.5) is 5.82 Å². The van der Waals surface area contributed by atoms with Crippen LogP contribution < -0.4 is 15.2 Å². The predicted octanol–water partition coefficient (Wildman–Crippen LogP) is 3.05. The quantitative estimate of drug-likeness (QED) is 0.941. The number of aryl methyl sites for hydroxylation is 1. The Hall–Kier alpha value is -1.88. The van der Waals surface area contributed by atoms with Crippen LogP contribution in [0, 0.1) is 6.92 Å². The molecule has 1 unspecified atom stereocenters. The molecule has 1 atom stereocenters. The van der Waals surface area contributed by atoms with Crippen molar-refractivity contribution in [3.63, 3.8) is 0 Å². The molecule has 1 aromatic carbocycles. The maximum Gasteiger partial charge on any atom is 0.161 e. The summed E-state index contributed by atoms with van der Waals surface area (Å²) >= 11 is 6.08. The van der Waals surface area contributed by atoms with Gasteiger partial charge >= 0.3 is 0 Å². The van der Waals surface area contributed by atoms with Crippen molar-refractivity contribution >= 4 is 17.4 Å². The minimum Gasteiger partial charge on any atom is -0.493 e. The monoisotopic (exact) mass is 295 g/mol. The van der Waals surface area contributed by atoms with Gasteiger partial charge in [-0.3, -0.25) is 0 Å². The van der Waals surface area contributed by atoms with Gasteiger partial charge in [0.05, 0.1) is 26.0 Å². The van der Waals surface area contributed by atoms with Gasteiger partial charge < -0.3 is 15.2 Å². The Morgan fingerprint density at radius 2 is 1.90 bits per heavy atom. The van der Waals surface area contributed by atoms with Crippen molar-refractivity contribution in [1.29, 1.82) is 0 Å². The van der Waals surface area contributed by atoms with Crippen LogP contribution in [0.1, 0.15) is 24.2 Å². The molecule has 0 amide bonds.